The standard InChI is InChI=1S/C33H32BrN3O3/c1-22(2)19-35-32(39)29(18-23-8-4-3-5-9-23)36(20-24-14-16-26(34)17-15-24)30(38)21-37-28-13-7-11-25-10-6-12-27(31(25)28)33(37)40/h3-17,22,29H,18-21H2,1-2H3,(H,35,39). The zero-order chi connectivity index (χ0) is 28.2. The van der Waals surface area contributed by atoms with E-state index >= 15 is 0 Å². The molecule has 5 rings (SSSR count). The van der Waals surface area contributed by atoms with Gasteiger partial charge in [0.1, 0.15) is 12.6 Å². The van der Waals surface area contributed by atoms with E-state index in [2.05, 4.69) is 21.2 Å². The number of halogens is 1. The maximum Gasteiger partial charge on any atom is 0.259 e. The van der Waals surface area contributed by atoms with Gasteiger partial charge < -0.3 is 10.2 Å². The van der Waals surface area contributed by atoms with Gasteiger partial charge in [-0.25, -0.2) is 0 Å². The van der Waals surface area contributed by atoms with Gasteiger partial charge in [-0.2, -0.15) is 0 Å². The number of nitrogens with one attached hydrogen (secondary N) is 1. The Balaban J connectivity index is 1.50. The van der Waals surface area contributed by atoms with Crippen LogP contribution in [-0.4, -0.2) is 41.8 Å². The number of carbonyl (C=O) groups is 3. The Kier molecular flexibility index (Phi) is 8.31. The lowest BCUT2D eigenvalue weighted by Crippen LogP contribution is -2.53. The van der Waals surface area contributed by atoms with Crippen LogP contribution in [0.1, 0.15) is 35.3 Å². The molecule has 6 nitrogen and oxygen atoms in total. The third-order valence-electron chi connectivity index (χ3n) is 7.16. The Morgan fingerprint density at radius 3 is 2.27 bits per heavy atom. The fraction of sp³-hybridized carbons (Fsp3) is 0.242. The topological polar surface area (TPSA) is 69.7 Å². The highest BCUT2D eigenvalue weighted by Gasteiger charge is 2.35. The number of carbonyl (C=O) groups excluding carboxylic acids is 3. The van der Waals surface area contributed by atoms with Crippen molar-refractivity contribution in [2.24, 2.45) is 5.92 Å². The van der Waals surface area contributed by atoms with E-state index in [1.54, 1.807) is 15.9 Å². The summed E-state index contributed by atoms with van der Waals surface area (Å²) in [6.45, 7) is 4.65. The third-order valence-corrected chi connectivity index (χ3v) is 7.69. The van der Waals surface area contributed by atoms with Gasteiger partial charge in [0.15, 0.2) is 0 Å². The van der Waals surface area contributed by atoms with E-state index in [-0.39, 0.29) is 36.7 Å². The first-order valence-corrected chi connectivity index (χ1v) is 14.3. The molecule has 1 unspecified atom stereocenters. The van der Waals surface area contributed by atoms with Crippen LogP contribution in [0.25, 0.3) is 10.8 Å². The first kappa shape index (κ1) is 27.6. The van der Waals surface area contributed by atoms with Gasteiger partial charge in [-0.15, -0.1) is 0 Å². The van der Waals surface area contributed by atoms with Crippen LogP contribution in [-0.2, 0) is 22.6 Å². The van der Waals surface area contributed by atoms with Crippen LogP contribution < -0.4 is 10.2 Å². The van der Waals surface area contributed by atoms with Crippen molar-refractivity contribution in [3.05, 3.63) is 112 Å². The summed E-state index contributed by atoms with van der Waals surface area (Å²) in [5, 5.41) is 4.86. The predicted octanol–water partition coefficient (Wildman–Crippen LogP) is 5.97. The van der Waals surface area contributed by atoms with Crippen molar-refractivity contribution in [1.82, 2.24) is 10.2 Å². The molecule has 4 aromatic rings. The zero-order valence-electron chi connectivity index (χ0n) is 22.6. The Labute approximate surface area is 243 Å². The Bertz CT molecular complexity index is 1530. The summed E-state index contributed by atoms with van der Waals surface area (Å²) in [5.41, 5.74) is 3.16. The van der Waals surface area contributed by atoms with Gasteiger partial charge in [0, 0.05) is 34.9 Å². The summed E-state index contributed by atoms with van der Waals surface area (Å²) in [4.78, 5) is 44.5. The average molecular weight is 599 g/mol. The van der Waals surface area contributed by atoms with Crippen molar-refractivity contribution in [3.63, 3.8) is 0 Å². The molecule has 0 spiro atoms. The molecular formula is C33H32BrN3O3. The summed E-state index contributed by atoms with van der Waals surface area (Å²) in [6.07, 6.45) is 0.358. The third kappa shape index (κ3) is 5.94. The molecule has 4 aromatic carbocycles. The smallest absolute Gasteiger partial charge is 0.259 e. The highest BCUT2D eigenvalue weighted by Crippen LogP contribution is 2.37. The van der Waals surface area contributed by atoms with Crippen LogP contribution in [0.5, 0.6) is 0 Å². The zero-order valence-corrected chi connectivity index (χ0v) is 24.2. The van der Waals surface area contributed by atoms with E-state index in [9.17, 15) is 14.4 Å². The molecule has 0 aromatic heterocycles. The number of nitrogens with zero attached hydrogens (tertiary/aromatic N) is 2. The lowest BCUT2D eigenvalue weighted by molar-refractivity contribution is -0.140. The predicted molar refractivity (Wildman–Crippen MR) is 162 cm³/mol. The van der Waals surface area contributed by atoms with Gasteiger partial charge in [-0.1, -0.05) is 96.5 Å². The van der Waals surface area contributed by atoms with Gasteiger partial charge >= 0.3 is 0 Å². The maximum atomic E-state index is 14.2. The molecule has 204 valence electrons. The van der Waals surface area contributed by atoms with Crippen molar-refractivity contribution >= 4 is 50.1 Å². The van der Waals surface area contributed by atoms with Crippen LogP contribution in [0.3, 0.4) is 0 Å². The van der Waals surface area contributed by atoms with E-state index in [1.807, 2.05) is 98.8 Å². The second-order valence-corrected chi connectivity index (χ2v) is 11.5. The molecule has 1 N–H and O–H groups in total. The highest BCUT2D eigenvalue weighted by atomic mass is 79.9. The summed E-state index contributed by atoms with van der Waals surface area (Å²) >= 11 is 3.48. The van der Waals surface area contributed by atoms with Crippen LogP contribution in [0.4, 0.5) is 5.69 Å². The van der Waals surface area contributed by atoms with Crippen LogP contribution in [0.15, 0.2) is 95.5 Å². The molecular weight excluding hydrogens is 566 g/mol. The first-order chi connectivity index (χ1) is 19.3. The molecule has 40 heavy (non-hydrogen) atoms. The molecule has 1 atom stereocenters. The van der Waals surface area contributed by atoms with Crippen LogP contribution in [0.2, 0.25) is 0 Å². The van der Waals surface area contributed by atoms with Crippen molar-refractivity contribution in [1.29, 1.82) is 0 Å². The van der Waals surface area contributed by atoms with Gasteiger partial charge in [-0.05, 0) is 46.7 Å². The monoisotopic (exact) mass is 597 g/mol. The average Bonchev–Trinajstić information content (AvgIpc) is 3.23. The number of anilines is 1. The van der Waals surface area contributed by atoms with E-state index < -0.39 is 6.04 Å². The summed E-state index contributed by atoms with van der Waals surface area (Å²) in [5.74, 6) is -0.436. The van der Waals surface area contributed by atoms with Crippen molar-refractivity contribution < 1.29 is 14.4 Å². The summed E-state index contributed by atoms with van der Waals surface area (Å²) in [7, 11) is 0. The van der Waals surface area contributed by atoms with E-state index in [0.29, 0.717) is 18.5 Å². The van der Waals surface area contributed by atoms with Gasteiger partial charge in [0.05, 0.1) is 5.69 Å². The molecule has 1 heterocycles. The number of benzene rings is 4. The number of hydrogen-bond donors (Lipinski definition) is 1. The van der Waals surface area contributed by atoms with Crippen molar-refractivity contribution in [2.75, 3.05) is 18.0 Å². The minimum absolute atomic E-state index is 0.161. The molecule has 0 radical (unpaired) electrons. The van der Waals surface area contributed by atoms with E-state index in [0.717, 1.165) is 32.1 Å². The molecule has 7 heteroatoms. The molecule has 0 saturated heterocycles. The van der Waals surface area contributed by atoms with Gasteiger partial charge in [0.2, 0.25) is 11.8 Å². The molecule has 3 amide bonds. The molecule has 0 saturated carbocycles. The van der Waals surface area contributed by atoms with Crippen LogP contribution >= 0.6 is 15.9 Å². The molecule has 0 fully saturated rings. The highest BCUT2D eigenvalue weighted by molar-refractivity contribution is 9.10. The maximum absolute atomic E-state index is 14.2. The van der Waals surface area contributed by atoms with Gasteiger partial charge in [0.25, 0.3) is 5.91 Å². The molecule has 1 aliphatic rings. The summed E-state index contributed by atoms with van der Waals surface area (Å²) in [6, 6.07) is 28.1. The number of rotatable bonds is 10. The normalized spacial score (nSPS) is 13.1. The van der Waals surface area contributed by atoms with E-state index in [4.69, 9.17) is 0 Å². The summed E-state index contributed by atoms with van der Waals surface area (Å²) < 4.78 is 0.929. The Hall–Kier alpha value is -3.97. The quantitative estimate of drug-likeness (QED) is 0.245. The minimum Gasteiger partial charge on any atom is -0.354 e. The van der Waals surface area contributed by atoms with E-state index in [1.165, 1.54) is 0 Å². The lowest BCUT2D eigenvalue weighted by Gasteiger charge is -2.33. The second-order valence-electron chi connectivity index (χ2n) is 10.6. The SMILES string of the molecule is CC(C)CNC(=O)C(Cc1ccccc1)N(Cc1ccc(Br)cc1)C(=O)CN1C(=O)c2cccc3cccc1c23. The molecule has 0 aliphatic carbocycles. The van der Waals surface area contributed by atoms with Crippen molar-refractivity contribution in [2.45, 2.75) is 32.9 Å². The van der Waals surface area contributed by atoms with Gasteiger partial charge in [-0.3, -0.25) is 19.3 Å². The number of hydrogen-bond acceptors (Lipinski definition) is 3. The first-order valence-electron chi connectivity index (χ1n) is 13.5. The van der Waals surface area contributed by atoms with Crippen molar-refractivity contribution in [3.8, 4) is 0 Å². The Morgan fingerprint density at radius 2 is 1.57 bits per heavy atom. The fourth-order valence-corrected chi connectivity index (χ4v) is 5.39. The second kappa shape index (κ2) is 12.0. The largest absolute Gasteiger partial charge is 0.354 e. The molecule has 1 aliphatic heterocycles. The lowest BCUT2D eigenvalue weighted by atomic mass is 10.0. The minimum atomic E-state index is -0.756. The Morgan fingerprint density at radius 1 is 0.875 bits per heavy atom. The number of amides is 3. The van der Waals surface area contributed by atoms with Crippen LogP contribution in [0, 0.1) is 5.92 Å². The molecule has 0 bridgehead atoms. The fourth-order valence-electron chi connectivity index (χ4n) is 5.13.